The third kappa shape index (κ3) is 6.15. The van der Waals surface area contributed by atoms with E-state index in [2.05, 4.69) is 20.8 Å². The van der Waals surface area contributed by atoms with Crippen molar-refractivity contribution in [2.24, 2.45) is 41.4 Å². The van der Waals surface area contributed by atoms with E-state index in [1.165, 1.54) is 19.3 Å². The number of aliphatic hydroxyl groups excluding tert-OH is 1. The zero-order valence-electron chi connectivity index (χ0n) is 18.9. The lowest BCUT2D eigenvalue weighted by Crippen LogP contribution is -2.42. The van der Waals surface area contributed by atoms with Crippen LogP contribution in [0.5, 0.6) is 0 Å². The summed E-state index contributed by atoms with van der Waals surface area (Å²) in [6, 6.07) is 0. The normalized spacial score (nSPS) is 42.0. The van der Waals surface area contributed by atoms with Gasteiger partial charge in [0.25, 0.3) is 0 Å². The molecule has 0 bridgehead atoms. The maximum Gasteiger partial charge on any atom is 0.358 e. The molecule has 3 rings (SSSR count). The summed E-state index contributed by atoms with van der Waals surface area (Å²) in [5.41, 5.74) is 0. The second-order valence-electron chi connectivity index (χ2n) is 10.9. The summed E-state index contributed by atoms with van der Waals surface area (Å²) in [4.78, 5) is 0. The Bertz CT molecular complexity index is 489. The molecule has 0 aromatic rings. The molecule has 0 heterocycles. The molecule has 1 N–H and O–H groups in total. The molecule has 0 spiro atoms. The van der Waals surface area contributed by atoms with Gasteiger partial charge >= 0.3 is 6.11 Å². The van der Waals surface area contributed by atoms with Crippen molar-refractivity contribution in [3.63, 3.8) is 0 Å². The molecule has 29 heavy (non-hydrogen) atoms. The molecule has 0 aromatic heterocycles. The summed E-state index contributed by atoms with van der Waals surface area (Å²) in [7, 11) is 0. The van der Waals surface area contributed by atoms with Crippen LogP contribution in [0.1, 0.15) is 97.8 Å². The summed E-state index contributed by atoms with van der Waals surface area (Å²) in [5, 5.41) is 9.09. The van der Waals surface area contributed by atoms with Crippen molar-refractivity contribution in [3.05, 3.63) is 0 Å². The Balaban J connectivity index is 1.48. The first-order valence-electron chi connectivity index (χ1n) is 12.5. The van der Waals surface area contributed by atoms with E-state index in [1.54, 1.807) is 0 Å². The minimum atomic E-state index is -2.95. The van der Waals surface area contributed by atoms with E-state index in [1.807, 2.05) is 0 Å². The summed E-state index contributed by atoms with van der Waals surface area (Å²) in [5.74, 6) is 3.34. The Hall–Kier alpha value is -0.220. The Morgan fingerprint density at radius 3 is 2.03 bits per heavy atom. The van der Waals surface area contributed by atoms with Crippen LogP contribution in [0.3, 0.4) is 0 Å². The first-order valence-corrected chi connectivity index (χ1v) is 12.5. The Labute approximate surface area is 177 Å². The molecule has 0 aliphatic heterocycles. The van der Waals surface area contributed by atoms with Crippen molar-refractivity contribution in [2.45, 2.75) is 110 Å². The largest absolute Gasteiger partial charge is 0.396 e. The molecule has 6 unspecified atom stereocenters. The van der Waals surface area contributed by atoms with E-state index in [0.29, 0.717) is 43.1 Å². The Morgan fingerprint density at radius 1 is 0.828 bits per heavy atom. The van der Waals surface area contributed by atoms with E-state index >= 15 is 0 Å². The molecule has 170 valence electrons. The standard InChI is InChI=1S/C25H44F2O2/c1-17-6-9-21(10-7-17)25(26,27)29-22-11-13-24(19(3)16-22)23-12-8-20(5-4-14-28)15-18(23)2/h17-24,28H,4-16H2,1-3H3. The number of aliphatic hydroxyl groups is 1. The van der Waals surface area contributed by atoms with Crippen molar-refractivity contribution in [1.29, 1.82) is 0 Å². The van der Waals surface area contributed by atoms with Gasteiger partial charge in [-0.05, 0) is 93.3 Å². The molecule has 2 nitrogen and oxygen atoms in total. The predicted molar refractivity (Wildman–Crippen MR) is 114 cm³/mol. The highest BCUT2D eigenvalue weighted by molar-refractivity contribution is 4.89. The molecule has 0 aromatic carbocycles. The van der Waals surface area contributed by atoms with Gasteiger partial charge in [0, 0.05) is 6.61 Å². The van der Waals surface area contributed by atoms with Gasteiger partial charge in [-0.25, -0.2) is 0 Å². The van der Waals surface area contributed by atoms with Crippen molar-refractivity contribution >= 4 is 0 Å². The lowest BCUT2D eigenvalue weighted by molar-refractivity contribution is -0.304. The molecule has 0 radical (unpaired) electrons. The molecule has 4 heteroatoms. The van der Waals surface area contributed by atoms with Crippen LogP contribution in [-0.2, 0) is 4.74 Å². The van der Waals surface area contributed by atoms with Crippen LogP contribution in [-0.4, -0.2) is 23.9 Å². The maximum absolute atomic E-state index is 14.8. The van der Waals surface area contributed by atoms with E-state index in [4.69, 9.17) is 9.84 Å². The van der Waals surface area contributed by atoms with Gasteiger partial charge in [-0.1, -0.05) is 40.0 Å². The van der Waals surface area contributed by atoms with Crippen LogP contribution in [0.25, 0.3) is 0 Å². The van der Waals surface area contributed by atoms with Crippen LogP contribution in [0, 0.1) is 41.4 Å². The van der Waals surface area contributed by atoms with E-state index in [-0.39, 0.29) is 6.10 Å². The monoisotopic (exact) mass is 414 g/mol. The number of halogens is 2. The van der Waals surface area contributed by atoms with Gasteiger partial charge in [-0.2, -0.15) is 8.78 Å². The van der Waals surface area contributed by atoms with Crippen molar-refractivity contribution in [3.8, 4) is 0 Å². The fraction of sp³-hybridized carbons (Fsp3) is 1.00. The first-order chi connectivity index (χ1) is 13.8. The van der Waals surface area contributed by atoms with Gasteiger partial charge in [0.15, 0.2) is 0 Å². The maximum atomic E-state index is 14.8. The molecule has 6 atom stereocenters. The summed E-state index contributed by atoms with van der Waals surface area (Å²) < 4.78 is 35.0. The fourth-order valence-electron chi connectivity index (χ4n) is 6.84. The summed E-state index contributed by atoms with van der Waals surface area (Å²) in [6.45, 7) is 7.13. The molecular weight excluding hydrogens is 370 g/mol. The van der Waals surface area contributed by atoms with Gasteiger partial charge in [0.1, 0.15) is 0 Å². The smallest absolute Gasteiger partial charge is 0.358 e. The molecule has 0 saturated heterocycles. The van der Waals surface area contributed by atoms with Crippen LogP contribution in [0.15, 0.2) is 0 Å². The van der Waals surface area contributed by atoms with Crippen molar-refractivity contribution < 1.29 is 18.6 Å². The van der Waals surface area contributed by atoms with Gasteiger partial charge in [-0.15, -0.1) is 0 Å². The molecule has 3 saturated carbocycles. The van der Waals surface area contributed by atoms with Crippen LogP contribution in [0.2, 0.25) is 0 Å². The van der Waals surface area contributed by atoms with Crippen LogP contribution in [0.4, 0.5) is 8.78 Å². The predicted octanol–water partition coefficient (Wildman–Crippen LogP) is 7.05. The number of hydrogen-bond acceptors (Lipinski definition) is 2. The second-order valence-corrected chi connectivity index (χ2v) is 10.9. The molecule has 0 amide bonds. The van der Waals surface area contributed by atoms with E-state index in [9.17, 15) is 8.78 Å². The Kier molecular flexibility index (Phi) is 8.40. The fourth-order valence-corrected chi connectivity index (χ4v) is 6.84. The van der Waals surface area contributed by atoms with Gasteiger partial charge < -0.3 is 9.84 Å². The third-order valence-electron chi connectivity index (χ3n) is 8.67. The number of hydrogen-bond donors (Lipinski definition) is 1. The quantitative estimate of drug-likeness (QED) is 0.483. The van der Waals surface area contributed by atoms with Crippen molar-refractivity contribution in [1.82, 2.24) is 0 Å². The zero-order valence-corrected chi connectivity index (χ0v) is 18.9. The highest BCUT2D eigenvalue weighted by Crippen LogP contribution is 2.48. The SMILES string of the molecule is CC1CCC(C(F)(F)OC2CCC(C3CCC(CCCO)CC3C)C(C)C2)CC1. The third-order valence-corrected chi connectivity index (χ3v) is 8.67. The van der Waals surface area contributed by atoms with Crippen LogP contribution >= 0.6 is 0 Å². The van der Waals surface area contributed by atoms with Crippen LogP contribution < -0.4 is 0 Å². The number of alkyl halides is 2. The first kappa shape index (κ1) is 23.4. The zero-order chi connectivity index (χ0) is 21.0. The minimum Gasteiger partial charge on any atom is -0.396 e. The molecule has 3 fully saturated rings. The summed E-state index contributed by atoms with van der Waals surface area (Å²) >= 11 is 0. The lowest BCUT2D eigenvalue weighted by Gasteiger charge is -2.45. The van der Waals surface area contributed by atoms with Gasteiger partial charge in [0.05, 0.1) is 12.0 Å². The van der Waals surface area contributed by atoms with Gasteiger partial charge in [0.2, 0.25) is 0 Å². The van der Waals surface area contributed by atoms with Gasteiger partial charge in [-0.3, -0.25) is 0 Å². The minimum absolute atomic E-state index is 0.271. The highest BCUT2D eigenvalue weighted by Gasteiger charge is 2.46. The second kappa shape index (κ2) is 10.4. The van der Waals surface area contributed by atoms with E-state index < -0.39 is 12.0 Å². The summed E-state index contributed by atoms with van der Waals surface area (Å²) in [6.07, 6.45) is 8.33. The molecular formula is C25H44F2O2. The lowest BCUT2D eigenvalue weighted by atomic mass is 9.62. The van der Waals surface area contributed by atoms with Crippen molar-refractivity contribution in [2.75, 3.05) is 6.61 Å². The van der Waals surface area contributed by atoms with E-state index in [0.717, 1.165) is 56.8 Å². The number of rotatable bonds is 7. The topological polar surface area (TPSA) is 29.5 Å². The average molecular weight is 415 g/mol. The Morgan fingerprint density at radius 2 is 1.45 bits per heavy atom. The average Bonchev–Trinajstić information content (AvgIpc) is 2.67. The number of ether oxygens (including phenoxy) is 1. The molecule has 3 aliphatic rings. The highest BCUT2D eigenvalue weighted by atomic mass is 19.3. The molecule has 3 aliphatic carbocycles.